The SMILES string of the molecule is CCN(CC)Cc1cc(C(C)(C)c2ccccc2)cc(O)c1O. The van der Waals surface area contributed by atoms with Gasteiger partial charge in [-0.3, -0.25) is 4.90 Å². The van der Waals surface area contributed by atoms with E-state index in [4.69, 9.17) is 0 Å². The molecule has 2 rings (SSSR count). The van der Waals surface area contributed by atoms with Gasteiger partial charge in [-0.1, -0.05) is 58.0 Å². The first kappa shape index (κ1) is 17.4. The summed E-state index contributed by atoms with van der Waals surface area (Å²) in [5, 5.41) is 20.4. The Balaban J connectivity index is 2.46. The molecular weight excluding hydrogens is 286 g/mol. The molecule has 0 saturated heterocycles. The highest BCUT2D eigenvalue weighted by atomic mass is 16.3. The standard InChI is InChI=1S/C20H27NO2/c1-5-21(6-2)14-15-12-17(13-18(22)19(15)23)20(3,4)16-10-8-7-9-11-16/h7-13,22-23H,5-6,14H2,1-4H3. The zero-order chi connectivity index (χ0) is 17.0. The molecular formula is C20H27NO2. The highest BCUT2D eigenvalue weighted by molar-refractivity contribution is 5.51. The lowest BCUT2D eigenvalue weighted by molar-refractivity contribution is 0.288. The number of hydrogen-bond donors (Lipinski definition) is 2. The normalized spacial score (nSPS) is 11.9. The van der Waals surface area contributed by atoms with Gasteiger partial charge in [0.05, 0.1) is 0 Å². The van der Waals surface area contributed by atoms with Crippen LogP contribution in [0, 0.1) is 0 Å². The van der Waals surface area contributed by atoms with Gasteiger partial charge < -0.3 is 10.2 Å². The van der Waals surface area contributed by atoms with Crippen LogP contribution in [0.15, 0.2) is 42.5 Å². The summed E-state index contributed by atoms with van der Waals surface area (Å²) in [6.07, 6.45) is 0. The summed E-state index contributed by atoms with van der Waals surface area (Å²) in [7, 11) is 0. The fourth-order valence-electron chi connectivity index (χ4n) is 2.87. The largest absolute Gasteiger partial charge is 0.504 e. The van der Waals surface area contributed by atoms with Gasteiger partial charge in [-0.05, 0) is 36.3 Å². The quantitative estimate of drug-likeness (QED) is 0.783. The number of phenolic OH excluding ortho intramolecular Hbond substituents is 2. The molecule has 0 aliphatic rings. The Morgan fingerprint density at radius 3 is 2.09 bits per heavy atom. The molecule has 3 nitrogen and oxygen atoms in total. The van der Waals surface area contributed by atoms with E-state index in [0.29, 0.717) is 6.54 Å². The third-order valence-corrected chi connectivity index (χ3v) is 4.67. The molecule has 2 aromatic carbocycles. The lowest BCUT2D eigenvalue weighted by Crippen LogP contribution is -2.23. The van der Waals surface area contributed by atoms with Crippen LogP contribution in [0.25, 0.3) is 0 Å². The summed E-state index contributed by atoms with van der Waals surface area (Å²) in [6, 6.07) is 13.9. The van der Waals surface area contributed by atoms with Crippen LogP contribution >= 0.6 is 0 Å². The van der Waals surface area contributed by atoms with Crippen LogP contribution < -0.4 is 0 Å². The van der Waals surface area contributed by atoms with E-state index < -0.39 is 0 Å². The molecule has 0 amide bonds. The van der Waals surface area contributed by atoms with Crippen LogP contribution in [-0.4, -0.2) is 28.2 Å². The zero-order valence-corrected chi connectivity index (χ0v) is 14.5. The molecule has 0 aromatic heterocycles. The third kappa shape index (κ3) is 3.67. The molecule has 0 aliphatic carbocycles. The van der Waals surface area contributed by atoms with Crippen molar-refractivity contribution in [3.8, 4) is 11.5 Å². The van der Waals surface area contributed by atoms with E-state index in [0.717, 1.165) is 24.2 Å². The predicted octanol–water partition coefficient (Wildman–Crippen LogP) is 4.27. The fraction of sp³-hybridized carbons (Fsp3) is 0.400. The average Bonchev–Trinajstić information content (AvgIpc) is 2.56. The molecule has 0 aliphatic heterocycles. The average molecular weight is 313 g/mol. The van der Waals surface area contributed by atoms with Crippen molar-refractivity contribution >= 4 is 0 Å². The molecule has 0 unspecified atom stereocenters. The van der Waals surface area contributed by atoms with Crippen molar-refractivity contribution in [2.24, 2.45) is 0 Å². The van der Waals surface area contributed by atoms with Crippen molar-refractivity contribution in [1.29, 1.82) is 0 Å². The Kier molecular flexibility index (Phi) is 5.32. The Hall–Kier alpha value is -2.00. The molecule has 124 valence electrons. The van der Waals surface area contributed by atoms with E-state index in [1.807, 2.05) is 24.3 Å². The molecule has 0 saturated carbocycles. The topological polar surface area (TPSA) is 43.7 Å². The summed E-state index contributed by atoms with van der Waals surface area (Å²) in [5.74, 6) is -0.0572. The maximum atomic E-state index is 10.2. The van der Waals surface area contributed by atoms with E-state index in [2.05, 4.69) is 44.7 Å². The summed E-state index contributed by atoms with van der Waals surface area (Å²) in [6.45, 7) is 10.9. The second-order valence-electron chi connectivity index (χ2n) is 6.46. The molecule has 2 aromatic rings. The minimum Gasteiger partial charge on any atom is -0.504 e. The third-order valence-electron chi connectivity index (χ3n) is 4.67. The van der Waals surface area contributed by atoms with Crippen LogP contribution in [-0.2, 0) is 12.0 Å². The Morgan fingerprint density at radius 1 is 0.913 bits per heavy atom. The molecule has 0 atom stereocenters. The van der Waals surface area contributed by atoms with Crippen molar-refractivity contribution in [1.82, 2.24) is 4.90 Å². The zero-order valence-electron chi connectivity index (χ0n) is 14.5. The van der Waals surface area contributed by atoms with Crippen LogP contribution in [0.2, 0.25) is 0 Å². The van der Waals surface area contributed by atoms with Crippen LogP contribution in [0.5, 0.6) is 11.5 Å². The van der Waals surface area contributed by atoms with Gasteiger partial charge in [0, 0.05) is 17.5 Å². The highest BCUT2D eigenvalue weighted by Gasteiger charge is 2.25. The molecule has 2 N–H and O–H groups in total. The van der Waals surface area contributed by atoms with E-state index in [-0.39, 0.29) is 16.9 Å². The molecule has 23 heavy (non-hydrogen) atoms. The van der Waals surface area contributed by atoms with E-state index in [1.165, 1.54) is 5.56 Å². The summed E-state index contributed by atoms with van der Waals surface area (Å²) in [5.41, 5.74) is 2.71. The second-order valence-corrected chi connectivity index (χ2v) is 6.46. The van der Waals surface area contributed by atoms with Crippen molar-refractivity contribution < 1.29 is 10.2 Å². The Bertz CT molecular complexity index is 646. The maximum Gasteiger partial charge on any atom is 0.162 e. The van der Waals surface area contributed by atoms with Gasteiger partial charge in [0.2, 0.25) is 0 Å². The monoisotopic (exact) mass is 313 g/mol. The van der Waals surface area contributed by atoms with E-state index >= 15 is 0 Å². The summed E-state index contributed by atoms with van der Waals surface area (Å²) in [4.78, 5) is 2.22. The smallest absolute Gasteiger partial charge is 0.162 e. The van der Waals surface area contributed by atoms with Crippen molar-refractivity contribution in [3.05, 3.63) is 59.2 Å². The predicted molar refractivity (Wildman–Crippen MR) is 95.0 cm³/mol. The van der Waals surface area contributed by atoms with E-state index in [1.54, 1.807) is 6.07 Å². The lowest BCUT2D eigenvalue weighted by atomic mass is 9.77. The van der Waals surface area contributed by atoms with E-state index in [9.17, 15) is 10.2 Å². The van der Waals surface area contributed by atoms with Gasteiger partial charge in [-0.15, -0.1) is 0 Å². The first-order chi connectivity index (χ1) is 10.9. The second kappa shape index (κ2) is 7.05. The molecule has 0 spiro atoms. The Labute approximate surface area is 139 Å². The van der Waals surface area contributed by atoms with Gasteiger partial charge >= 0.3 is 0 Å². The summed E-state index contributed by atoms with van der Waals surface area (Å²) >= 11 is 0. The van der Waals surface area contributed by atoms with Gasteiger partial charge in [0.1, 0.15) is 0 Å². The maximum absolute atomic E-state index is 10.2. The minimum absolute atomic E-state index is 0.00971. The fourth-order valence-corrected chi connectivity index (χ4v) is 2.87. The van der Waals surface area contributed by atoms with Crippen molar-refractivity contribution in [2.45, 2.75) is 39.7 Å². The van der Waals surface area contributed by atoms with Crippen LogP contribution in [0.4, 0.5) is 0 Å². The number of hydrogen-bond acceptors (Lipinski definition) is 3. The van der Waals surface area contributed by atoms with Gasteiger partial charge in [0.25, 0.3) is 0 Å². The van der Waals surface area contributed by atoms with Gasteiger partial charge in [-0.25, -0.2) is 0 Å². The van der Waals surface area contributed by atoms with Crippen LogP contribution in [0.1, 0.15) is 44.4 Å². The lowest BCUT2D eigenvalue weighted by Gasteiger charge is -2.28. The number of rotatable bonds is 6. The van der Waals surface area contributed by atoms with Crippen LogP contribution in [0.3, 0.4) is 0 Å². The van der Waals surface area contributed by atoms with Gasteiger partial charge in [-0.2, -0.15) is 0 Å². The highest BCUT2D eigenvalue weighted by Crippen LogP contribution is 2.38. The molecule has 0 heterocycles. The number of phenols is 2. The molecule has 0 bridgehead atoms. The molecule has 0 fully saturated rings. The summed E-state index contributed by atoms with van der Waals surface area (Å²) < 4.78 is 0. The molecule has 3 heteroatoms. The number of benzene rings is 2. The number of aromatic hydroxyl groups is 2. The Morgan fingerprint density at radius 2 is 1.52 bits per heavy atom. The first-order valence-corrected chi connectivity index (χ1v) is 8.23. The minimum atomic E-state index is -0.246. The molecule has 0 radical (unpaired) electrons. The first-order valence-electron chi connectivity index (χ1n) is 8.23. The van der Waals surface area contributed by atoms with Crippen molar-refractivity contribution in [3.63, 3.8) is 0 Å². The van der Waals surface area contributed by atoms with Crippen molar-refractivity contribution in [2.75, 3.05) is 13.1 Å². The van der Waals surface area contributed by atoms with Gasteiger partial charge in [0.15, 0.2) is 11.5 Å². The number of nitrogens with zero attached hydrogens (tertiary/aromatic N) is 1.